The van der Waals surface area contributed by atoms with E-state index < -0.39 is 35.3 Å². The minimum Gasteiger partial charge on any atom is -0.506 e. The molecular formula is C20H19N5O5. The van der Waals surface area contributed by atoms with Gasteiger partial charge in [-0.1, -0.05) is 24.3 Å². The second kappa shape index (κ2) is 7.47. The molecule has 1 aromatic carbocycles. The highest BCUT2D eigenvalue weighted by atomic mass is 16.4. The van der Waals surface area contributed by atoms with Crippen molar-refractivity contribution in [2.75, 3.05) is 18.0 Å². The molecule has 10 nitrogen and oxygen atoms in total. The van der Waals surface area contributed by atoms with Crippen molar-refractivity contribution in [3.8, 4) is 5.75 Å². The molecule has 10 heteroatoms. The lowest BCUT2D eigenvalue weighted by atomic mass is 10.0. The first-order chi connectivity index (χ1) is 14.4. The SMILES string of the molecule is Cn1c(=O)c(C(=O)NCC(=O)O)c(O)c2cnc(N3CCc4ccccc4C3)nc21. The van der Waals surface area contributed by atoms with Gasteiger partial charge in [-0.05, 0) is 17.5 Å². The summed E-state index contributed by atoms with van der Waals surface area (Å²) in [5.41, 5.74) is 1.30. The Morgan fingerprint density at radius 1 is 1.23 bits per heavy atom. The Morgan fingerprint density at radius 3 is 2.70 bits per heavy atom. The van der Waals surface area contributed by atoms with Gasteiger partial charge in [0.2, 0.25) is 5.95 Å². The smallest absolute Gasteiger partial charge is 0.322 e. The Bertz CT molecular complexity index is 1240. The molecular weight excluding hydrogens is 390 g/mol. The Hall–Kier alpha value is -3.95. The molecule has 1 amide bonds. The van der Waals surface area contributed by atoms with E-state index in [4.69, 9.17) is 5.11 Å². The third-order valence-corrected chi connectivity index (χ3v) is 5.12. The summed E-state index contributed by atoms with van der Waals surface area (Å²) in [6.07, 6.45) is 2.20. The van der Waals surface area contributed by atoms with Crippen molar-refractivity contribution in [3.63, 3.8) is 0 Å². The summed E-state index contributed by atoms with van der Waals surface area (Å²) in [5, 5.41) is 21.4. The molecule has 0 spiro atoms. The van der Waals surface area contributed by atoms with Crippen molar-refractivity contribution in [3.05, 3.63) is 57.5 Å². The van der Waals surface area contributed by atoms with E-state index in [-0.39, 0.29) is 11.0 Å². The fourth-order valence-electron chi connectivity index (χ4n) is 3.55. The summed E-state index contributed by atoms with van der Waals surface area (Å²) in [5.74, 6) is -2.41. The number of benzene rings is 1. The zero-order valence-electron chi connectivity index (χ0n) is 16.1. The number of aromatic nitrogens is 3. The number of aliphatic carboxylic acids is 1. The van der Waals surface area contributed by atoms with Crippen molar-refractivity contribution >= 4 is 28.9 Å². The molecule has 3 heterocycles. The van der Waals surface area contributed by atoms with Gasteiger partial charge in [-0.15, -0.1) is 0 Å². The van der Waals surface area contributed by atoms with Gasteiger partial charge in [-0.2, -0.15) is 4.98 Å². The third-order valence-electron chi connectivity index (χ3n) is 5.12. The van der Waals surface area contributed by atoms with Crippen LogP contribution in [0.2, 0.25) is 0 Å². The average molecular weight is 409 g/mol. The summed E-state index contributed by atoms with van der Waals surface area (Å²) >= 11 is 0. The number of carbonyl (C=O) groups excluding carboxylic acids is 1. The van der Waals surface area contributed by atoms with Crippen LogP contribution in [0.15, 0.2) is 35.3 Å². The lowest BCUT2D eigenvalue weighted by Crippen LogP contribution is -2.35. The number of nitrogens with one attached hydrogen (secondary N) is 1. The summed E-state index contributed by atoms with van der Waals surface area (Å²) in [7, 11) is 1.43. The minimum absolute atomic E-state index is 0.124. The topological polar surface area (TPSA) is 138 Å². The molecule has 3 aromatic rings. The summed E-state index contributed by atoms with van der Waals surface area (Å²) in [4.78, 5) is 46.3. The molecule has 0 aliphatic carbocycles. The number of aromatic hydroxyl groups is 1. The average Bonchev–Trinajstić information content (AvgIpc) is 2.75. The van der Waals surface area contributed by atoms with Gasteiger partial charge in [0.15, 0.2) is 5.65 Å². The molecule has 0 saturated carbocycles. The van der Waals surface area contributed by atoms with E-state index in [1.165, 1.54) is 24.4 Å². The van der Waals surface area contributed by atoms with Crippen molar-refractivity contribution in [1.82, 2.24) is 19.9 Å². The number of aryl methyl sites for hydroxylation is 1. The molecule has 4 rings (SSSR count). The van der Waals surface area contributed by atoms with Crippen LogP contribution in [-0.4, -0.2) is 49.7 Å². The van der Waals surface area contributed by atoms with E-state index in [9.17, 15) is 19.5 Å². The number of pyridine rings is 1. The number of carbonyl (C=O) groups is 2. The Morgan fingerprint density at radius 2 is 1.97 bits per heavy atom. The number of fused-ring (bicyclic) bond motifs is 2. The molecule has 0 unspecified atom stereocenters. The maximum atomic E-state index is 12.7. The fourth-order valence-corrected chi connectivity index (χ4v) is 3.55. The molecule has 0 fully saturated rings. The van der Waals surface area contributed by atoms with Crippen molar-refractivity contribution in [2.45, 2.75) is 13.0 Å². The van der Waals surface area contributed by atoms with E-state index in [0.717, 1.165) is 11.0 Å². The van der Waals surface area contributed by atoms with Crippen LogP contribution in [0.25, 0.3) is 11.0 Å². The summed E-state index contributed by atoms with van der Waals surface area (Å²) < 4.78 is 1.15. The van der Waals surface area contributed by atoms with Crippen molar-refractivity contribution in [1.29, 1.82) is 0 Å². The predicted octanol–water partition coefficient (Wildman–Crippen LogP) is 0.411. The highest BCUT2D eigenvalue weighted by Crippen LogP contribution is 2.27. The first-order valence-corrected chi connectivity index (χ1v) is 9.27. The Balaban J connectivity index is 1.73. The van der Waals surface area contributed by atoms with Crippen molar-refractivity contribution < 1.29 is 19.8 Å². The van der Waals surface area contributed by atoms with Gasteiger partial charge >= 0.3 is 5.97 Å². The number of hydrogen-bond donors (Lipinski definition) is 3. The largest absolute Gasteiger partial charge is 0.506 e. The monoisotopic (exact) mass is 409 g/mol. The maximum Gasteiger partial charge on any atom is 0.322 e. The number of carboxylic acid groups (broad SMARTS) is 1. The standard InChI is InChI=1S/C20H19N5O5/c1-24-17-13(16(28)15(19(24)30)18(29)21-9-14(26)27)8-22-20(23-17)25-7-6-11-4-2-3-5-12(11)10-25/h2-5,8,28H,6-7,9-10H2,1H3,(H,21,29)(H,26,27). The third kappa shape index (κ3) is 3.32. The molecule has 2 aromatic heterocycles. The molecule has 0 saturated heterocycles. The lowest BCUT2D eigenvalue weighted by molar-refractivity contribution is -0.135. The summed E-state index contributed by atoms with van der Waals surface area (Å²) in [6, 6.07) is 8.12. The highest BCUT2D eigenvalue weighted by molar-refractivity contribution is 6.02. The van der Waals surface area contributed by atoms with Crippen LogP contribution in [0.5, 0.6) is 5.75 Å². The van der Waals surface area contributed by atoms with Crippen LogP contribution >= 0.6 is 0 Å². The van der Waals surface area contributed by atoms with Gasteiger partial charge in [-0.25, -0.2) is 4.98 Å². The molecule has 1 aliphatic heterocycles. The van der Waals surface area contributed by atoms with Crippen LogP contribution in [-0.2, 0) is 24.8 Å². The Kier molecular flexibility index (Phi) is 4.82. The normalized spacial score (nSPS) is 13.2. The zero-order chi connectivity index (χ0) is 21.4. The first kappa shape index (κ1) is 19.4. The van der Waals surface area contributed by atoms with E-state index in [0.29, 0.717) is 19.0 Å². The predicted molar refractivity (Wildman–Crippen MR) is 108 cm³/mol. The van der Waals surface area contributed by atoms with Gasteiger partial charge in [0.1, 0.15) is 17.9 Å². The van der Waals surface area contributed by atoms with Crippen LogP contribution < -0.4 is 15.8 Å². The number of hydrogen-bond acceptors (Lipinski definition) is 7. The number of nitrogens with zero attached hydrogens (tertiary/aromatic N) is 4. The van der Waals surface area contributed by atoms with E-state index in [1.807, 2.05) is 23.1 Å². The molecule has 0 bridgehead atoms. The number of amides is 1. The molecule has 154 valence electrons. The number of carboxylic acids is 1. The Labute approximate surface area is 170 Å². The summed E-state index contributed by atoms with van der Waals surface area (Å²) in [6.45, 7) is 0.654. The number of rotatable bonds is 4. The fraction of sp³-hybridized carbons (Fsp3) is 0.250. The van der Waals surface area contributed by atoms with Gasteiger partial charge in [0.25, 0.3) is 11.5 Å². The van der Waals surface area contributed by atoms with Crippen LogP contribution in [0.1, 0.15) is 21.5 Å². The van der Waals surface area contributed by atoms with Crippen LogP contribution in [0, 0.1) is 0 Å². The maximum absolute atomic E-state index is 12.7. The van der Waals surface area contributed by atoms with E-state index >= 15 is 0 Å². The lowest BCUT2D eigenvalue weighted by Gasteiger charge is -2.29. The quantitative estimate of drug-likeness (QED) is 0.563. The van der Waals surface area contributed by atoms with Gasteiger partial charge < -0.3 is 20.4 Å². The minimum atomic E-state index is -1.27. The van der Waals surface area contributed by atoms with Crippen molar-refractivity contribution in [2.24, 2.45) is 7.05 Å². The first-order valence-electron chi connectivity index (χ1n) is 9.27. The van der Waals surface area contributed by atoms with E-state index in [1.54, 1.807) is 0 Å². The van der Waals surface area contributed by atoms with E-state index in [2.05, 4.69) is 21.4 Å². The van der Waals surface area contributed by atoms with Gasteiger partial charge in [0.05, 0.1) is 5.39 Å². The van der Waals surface area contributed by atoms with Crippen LogP contribution in [0.4, 0.5) is 5.95 Å². The second-order valence-electron chi connectivity index (χ2n) is 7.01. The van der Waals surface area contributed by atoms with Gasteiger partial charge in [-0.3, -0.25) is 19.0 Å². The highest BCUT2D eigenvalue weighted by Gasteiger charge is 2.24. The molecule has 0 radical (unpaired) electrons. The van der Waals surface area contributed by atoms with Gasteiger partial charge in [0, 0.05) is 26.3 Å². The van der Waals surface area contributed by atoms with Crippen LogP contribution in [0.3, 0.4) is 0 Å². The number of anilines is 1. The molecule has 0 atom stereocenters. The molecule has 1 aliphatic rings. The molecule has 30 heavy (non-hydrogen) atoms. The second-order valence-corrected chi connectivity index (χ2v) is 7.01. The molecule has 3 N–H and O–H groups in total. The zero-order valence-corrected chi connectivity index (χ0v) is 16.1.